The number of hydrogen-bond acceptors (Lipinski definition) is 5. The van der Waals surface area contributed by atoms with Crippen LogP contribution in [0.15, 0.2) is 36.9 Å². The molecule has 1 aromatic rings. The van der Waals surface area contributed by atoms with Crippen LogP contribution in [0.1, 0.15) is 12.5 Å². The molecule has 0 N–H and O–H groups in total. The van der Waals surface area contributed by atoms with Crippen LogP contribution in [0.3, 0.4) is 0 Å². The first kappa shape index (κ1) is 15.7. The minimum atomic E-state index is -0.630. The first-order chi connectivity index (χ1) is 9.67. The van der Waals surface area contributed by atoms with Crippen molar-refractivity contribution >= 4 is 5.97 Å². The third kappa shape index (κ3) is 5.55. The van der Waals surface area contributed by atoms with Crippen molar-refractivity contribution in [2.24, 2.45) is 0 Å². The van der Waals surface area contributed by atoms with Gasteiger partial charge in [0, 0.05) is 0 Å². The van der Waals surface area contributed by atoms with Gasteiger partial charge in [0.05, 0.1) is 18.2 Å². The van der Waals surface area contributed by atoms with Crippen molar-refractivity contribution in [2.75, 3.05) is 19.8 Å². The summed E-state index contributed by atoms with van der Waals surface area (Å²) in [6.45, 7) is 5.75. The Labute approximate surface area is 118 Å². The number of benzene rings is 1. The smallest absolute Gasteiger partial charge is 0.335 e. The highest BCUT2D eigenvalue weighted by molar-refractivity contribution is 5.74. The van der Waals surface area contributed by atoms with E-state index < -0.39 is 12.1 Å². The number of ether oxygens (including phenoxy) is 3. The molecule has 106 valence electrons. The van der Waals surface area contributed by atoms with Gasteiger partial charge in [0.1, 0.15) is 19.0 Å². The minimum Gasteiger partial charge on any atom is -0.490 e. The summed E-state index contributed by atoms with van der Waals surface area (Å²) in [6, 6.07) is 8.79. The first-order valence-electron chi connectivity index (χ1n) is 6.19. The van der Waals surface area contributed by atoms with E-state index in [4.69, 9.17) is 19.5 Å². The van der Waals surface area contributed by atoms with Gasteiger partial charge in [0.15, 0.2) is 6.10 Å². The van der Waals surface area contributed by atoms with Crippen molar-refractivity contribution in [1.29, 1.82) is 5.26 Å². The van der Waals surface area contributed by atoms with E-state index in [-0.39, 0.29) is 13.2 Å². The van der Waals surface area contributed by atoms with Crippen LogP contribution in [0.25, 0.3) is 0 Å². The van der Waals surface area contributed by atoms with Gasteiger partial charge in [-0.2, -0.15) is 5.26 Å². The number of carbonyl (C=O) groups is 1. The normalized spacial score (nSPS) is 11.2. The molecule has 0 aliphatic carbocycles. The summed E-state index contributed by atoms with van der Waals surface area (Å²) in [4.78, 5) is 11.5. The molecule has 0 spiro atoms. The minimum absolute atomic E-state index is 0.122. The molecule has 1 unspecified atom stereocenters. The summed E-state index contributed by atoms with van der Waals surface area (Å²) in [5.41, 5.74) is 0.519. The molecule has 20 heavy (non-hydrogen) atoms. The molecule has 0 aliphatic heterocycles. The third-order valence-electron chi connectivity index (χ3n) is 2.36. The van der Waals surface area contributed by atoms with Crippen LogP contribution < -0.4 is 4.74 Å². The number of esters is 1. The van der Waals surface area contributed by atoms with Gasteiger partial charge in [-0.05, 0) is 25.1 Å². The lowest BCUT2D eigenvalue weighted by molar-refractivity contribution is -0.156. The largest absolute Gasteiger partial charge is 0.490 e. The van der Waals surface area contributed by atoms with Crippen molar-refractivity contribution in [3.63, 3.8) is 0 Å². The molecule has 1 aromatic carbocycles. The zero-order chi connectivity index (χ0) is 14.8. The number of rotatable bonds is 8. The molecule has 0 amide bonds. The van der Waals surface area contributed by atoms with Gasteiger partial charge in [-0.15, -0.1) is 6.58 Å². The van der Waals surface area contributed by atoms with E-state index in [2.05, 4.69) is 6.58 Å². The van der Waals surface area contributed by atoms with Crippen LogP contribution in [0.5, 0.6) is 5.75 Å². The lowest BCUT2D eigenvalue weighted by Gasteiger charge is -2.12. The van der Waals surface area contributed by atoms with Crippen molar-refractivity contribution in [3.05, 3.63) is 42.5 Å². The van der Waals surface area contributed by atoms with Gasteiger partial charge in [0.25, 0.3) is 0 Å². The highest BCUT2D eigenvalue weighted by Gasteiger charge is 2.13. The highest BCUT2D eigenvalue weighted by Crippen LogP contribution is 2.12. The molecule has 1 rings (SSSR count). The Morgan fingerprint density at radius 1 is 1.50 bits per heavy atom. The molecular formula is C15H17NO4. The quantitative estimate of drug-likeness (QED) is 0.413. The second-order valence-electron chi connectivity index (χ2n) is 3.92. The van der Waals surface area contributed by atoms with E-state index in [9.17, 15) is 4.79 Å². The lowest BCUT2D eigenvalue weighted by atomic mass is 10.2. The molecule has 5 heteroatoms. The Morgan fingerprint density at radius 2 is 2.30 bits per heavy atom. The zero-order valence-electron chi connectivity index (χ0n) is 11.4. The maximum Gasteiger partial charge on any atom is 0.335 e. The summed E-state index contributed by atoms with van der Waals surface area (Å²) in [6.07, 6.45) is 0.935. The van der Waals surface area contributed by atoms with Crippen LogP contribution in [0, 0.1) is 11.3 Å². The Balaban J connectivity index is 2.26. The molecule has 0 aliphatic rings. The van der Waals surface area contributed by atoms with Gasteiger partial charge in [-0.25, -0.2) is 4.79 Å². The molecule has 0 saturated heterocycles. The van der Waals surface area contributed by atoms with Gasteiger partial charge >= 0.3 is 5.97 Å². The zero-order valence-corrected chi connectivity index (χ0v) is 11.4. The number of nitriles is 1. The Kier molecular flexibility index (Phi) is 6.87. The molecule has 0 aromatic heterocycles. The predicted molar refractivity (Wildman–Crippen MR) is 73.2 cm³/mol. The van der Waals surface area contributed by atoms with E-state index in [0.717, 1.165) is 0 Å². The Bertz CT molecular complexity index is 493. The summed E-state index contributed by atoms with van der Waals surface area (Å²) >= 11 is 0. The Hall–Kier alpha value is -2.32. The summed E-state index contributed by atoms with van der Waals surface area (Å²) in [7, 11) is 0. The van der Waals surface area contributed by atoms with Crippen LogP contribution in [-0.2, 0) is 14.3 Å². The van der Waals surface area contributed by atoms with Gasteiger partial charge in [0.2, 0.25) is 0 Å². The van der Waals surface area contributed by atoms with Gasteiger partial charge in [-0.3, -0.25) is 0 Å². The molecule has 0 bridgehead atoms. The van der Waals surface area contributed by atoms with Crippen molar-refractivity contribution in [3.8, 4) is 11.8 Å². The Morgan fingerprint density at radius 3 is 3.00 bits per heavy atom. The molecular weight excluding hydrogens is 258 g/mol. The molecule has 1 atom stereocenters. The maximum absolute atomic E-state index is 11.5. The second kappa shape index (κ2) is 8.73. The van der Waals surface area contributed by atoms with Crippen molar-refractivity contribution in [2.45, 2.75) is 13.0 Å². The highest BCUT2D eigenvalue weighted by atomic mass is 16.6. The fraction of sp³-hybridized carbons (Fsp3) is 0.333. The van der Waals surface area contributed by atoms with Gasteiger partial charge < -0.3 is 14.2 Å². The first-order valence-corrected chi connectivity index (χ1v) is 6.19. The number of nitrogens with zero attached hydrogens (tertiary/aromatic N) is 1. The fourth-order valence-corrected chi connectivity index (χ4v) is 1.35. The van der Waals surface area contributed by atoms with Crippen LogP contribution in [0.2, 0.25) is 0 Å². The van der Waals surface area contributed by atoms with Crippen LogP contribution >= 0.6 is 0 Å². The van der Waals surface area contributed by atoms with E-state index in [1.807, 2.05) is 6.07 Å². The molecule has 5 nitrogen and oxygen atoms in total. The van der Waals surface area contributed by atoms with E-state index in [1.165, 1.54) is 0 Å². The average molecular weight is 275 g/mol. The molecule has 0 fully saturated rings. The van der Waals surface area contributed by atoms with E-state index >= 15 is 0 Å². The van der Waals surface area contributed by atoms with E-state index in [0.29, 0.717) is 17.9 Å². The van der Waals surface area contributed by atoms with E-state index in [1.54, 1.807) is 37.3 Å². The standard InChI is InChI=1S/C15H17NO4/c1-3-7-18-12(2)15(17)20-9-8-19-14-6-4-5-13(10-14)11-16/h3-6,10,12H,1,7-9H2,2H3. The third-order valence-corrected chi connectivity index (χ3v) is 2.36. The number of hydrogen-bond donors (Lipinski definition) is 0. The fourth-order valence-electron chi connectivity index (χ4n) is 1.35. The predicted octanol–water partition coefficient (Wildman–Crippen LogP) is 2.07. The number of carbonyl (C=O) groups excluding carboxylic acids is 1. The van der Waals surface area contributed by atoms with Crippen LogP contribution in [-0.4, -0.2) is 31.9 Å². The average Bonchev–Trinajstić information content (AvgIpc) is 2.49. The monoisotopic (exact) mass is 275 g/mol. The summed E-state index contributed by atoms with van der Waals surface area (Å²) in [5, 5.41) is 8.74. The SMILES string of the molecule is C=CCOC(C)C(=O)OCCOc1cccc(C#N)c1. The van der Waals surface area contributed by atoms with Crippen molar-refractivity contribution in [1.82, 2.24) is 0 Å². The maximum atomic E-state index is 11.5. The lowest BCUT2D eigenvalue weighted by Crippen LogP contribution is -2.25. The van der Waals surface area contributed by atoms with Crippen molar-refractivity contribution < 1.29 is 19.0 Å². The topological polar surface area (TPSA) is 68.6 Å². The molecule has 0 heterocycles. The van der Waals surface area contributed by atoms with Gasteiger partial charge in [-0.1, -0.05) is 12.1 Å². The van der Waals surface area contributed by atoms with Crippen LogP contribution in [0.4, 0.5) is 0 Å². The summed E-state index contributed by atoms with van der Waals surface area (Å²) < 4.78 is 15.5. The summed E-state index contributed by atoms with van der Waals surface area (Å²) in [5.74, 6) is 0.122. The molecule has 0 saturated carbocycles. The second-order valence-corrected chi connectivity index (χ2v) is 3.92. The molecule has 0 radical (unpaired) electrons.